The van der Waals surface area contributed by atoms with Crippen LogP contribution in [0.15, 0.2) is 4.90 Å². The summed E-state index contributed by atoms with van der Waals surface area (Å²) in [4.78, 5) is 13.6. The zero-order valence-corrected chi connectivity index (χ0v) is 13.4. The molecule has 0 spiro atoms. The fourth-order valence-corrected chi connectivity index (χ4v) is 4.04. The summed E-state index contributed by atoms with van der Waals surface area (Å²) in [6.07, 6.45) is 0.490. The summed E-state index contributed by atoms with van der Waals surface area (Å²) in [5, 5.41) is 18.3. The second-order valence-electron chi connectivity index (χ2n) is 5.51. The molecule has 8 heteroatoms. The zero-order valence-electron chi connectivity index (χ0n) is 12.6. The minimum absolute atomic E-state index is 0.0675. The molecule has 0 aliphatic rings. The molecular formula is C13H22N2O5S. The van der Waals surface area contributed by atoms with Gasteiger partial charge in [0.15, 0.2) is 0 Å². The van der Waals surface area contributed by atoms with Crippen LogP contribution in [0.2, 0.25) is 0 Å². The molecule has 7 nitrogen and oxygen atoms in total. The van der Waals surface area contributed by atoms with Gasteiger partial charge in [0.1, 0.15) is 10.6 Å². The molecule has 120 valence electrons. The van der Waals surface area contributed by atoms with Crippen molar-refractivity contribution >= 4 is 16.0 Å². The molecule has 1 aromatic rings. The fourth-order valence-electron chi connectivity index (χ4n) is 2.36. The average molecular weight is 318 g/mol. The Morgan fingerprint density at radius 3 is 2.29 bits per heavy atom. The number of aryl methyl sites for hydroxylation is 1. The third kappa shape index (κ3) is 4.05. The lowest BCUT2D eigenvalue weighted by Gasteiger charge is -2.18. The van der Waals surface area contributed by atoms with Crippen molar-refractivity contribution in [3.8, 4) is 0 Å². The first-order valence-electron chi connectivity index (χ1n) is 6.65. The Kier molecular flexibility index (Phi) is 5.54. The van der Waals surface area contributed by atoms with Crippen LogP contribution in [0.1, 0.15) is 42.0 Å². The van der Waals surface area contributed by atoms with Crippen LogP contribution in [0.3, 0.4) is 0 Å². The number of carboxylic acids is 1. The van der Waals surface area contributed by atoms with Gasteiger partial charge in [-0.1, -0.05) is 13.8 Å². The van der Waals surface area contributed by atoms with E-state index in [2.05, 4.69) is 9.71 Å². The van der Waals surface area contributed by atoms with E-state index in [1.165, 1.54) is 13.8 Å². The van der Waals surface area contributed by atoms with E-state index in [0.717, 1.165) is 0 Å². The minimum atomic E-state index is -3.90. The number of hydrogen-bond acceptors (Lipinski definition) is 4. The van der Waals surface area contributed by atoms with Crippen LogP contribution >= 0.6 is 0 Å². The number of hydrogen-bond donors (Lipinski definition) is 4. The van der Waals surface area contributed by atoms with Gasteiger partial charge in [0.05, 0.1) is 6.61 Å². The Morgan fingerprint density at radius 2 is 1.90 bits per heavy atom. The van der Waals surface area contributed by atoms with Crippen molar-refractivity contribution in [2.24, 2.45) is 5.92 Å². The van der Waals surface area contributed by atoms with Crippen LogP contribution in [0.25, 0.3) is 0 Å². The average Bonchev–Trinajstić information content (AvgIpc) is 2.63. The topological polar surface area (TPSA) is 119 Å². The largest absolute Gasteiger partial charge is 0.477 e. The van der Waals surface area contributed by atoms with Crippen LogP contribution in [0, 0.1) is 19.8 Å². The van der Waals surface area contributed by atoms with Crippen LogP contribution < -0.4 is 4.72 Å². The summed E-state index contributed by atoms with van der Waals surface area (Å²) in [6.45, 7) is 6.48. The van der Waals surface area contributed by atoms with Crippen molar-refractivity contribution in [3.63, 3.8) is 0 Å². The molecule has 1 unspecified atom stereocenters. The number of sulfonamides is 1. The molecule has 1 rings (SSSR count). The van der Waals surface area contributed by atoms with Crippen LogP contribution in [0.4, 0.5) is 0 Å². The molecule has 21 heavy (non-hydrogen) atoms. The number of H-pyrrole nitrogens is 1. The van der Waals surface area contributed by atoms with Gasteiger partial charge < -0.3 is 15.2 Å². The van der Waals surface area contributed by atoms with Crippen molar-refractivity contribution in [2.45, 2.75) is 45.1 Å². The number of aromatic amines is 1. The normalized spacial score (nSPS) is 13.6. The van der Waals surface area contributed by atoms with Gasteiger partial charge in [-0.25, -0.2) is 17.9 Å². The van der Waals surface area contributed by atoms with Crippen LogP contribution in [-0.2, 0) is 10.0 Å². The van der Waals surface area contributed by atoms with Crippen molar-refractivity contribution in [1.29, 1.82) is 0 Å². The standard InChI is InChI=1S/C13H22N2O5S/c1-7(2)5-10(6-16)15-21(19,20)12-8(3)11(13(17)18)14-9(12)4/h7,10,14-16H,5-6H2,1-4H3,(H,17,18). The Hall–Kier alpha value is -1.38. The molecule has 1 atom stereocenters. The van der Waals surface area contributed by atoms with Gasteiger partial charge in [-0.15, -0.1) is 0 Å². The van der Waals surface area contributed by atoms with Gasteiger partial charge in [-0.2, -0.15) is 0 Å². The first kappa shape index (κ1) is 17.7. The number of rotatable bonds is 7. The molecule has 0 bridgehead atoms. The first-order valence-corrected chi connectivity index (χ1v) is 8.14. The van der Waals surface area contributed by atoms with E-state index in [1.54, 1.807) is 0 Å². The number of aliphatic hydroxyl groups excluding tert-OH is 1. The van der Waals surface area contributed by atoms with E-state index < -0.39 is 22.0 Å². The number of nitrogens with one attached hydrogen (secondary N) is 2. The van der Waals surface area contributed by atoms with Crippen LogP contribution in [-0.4, -0.2) is 42.2 Å². The van der Waals surface area contributed by atoms with Crippen molar-refractivity contribution in [3.05, 3.63) is 17.0 Å². The van der Waals surface area contributed by atoms with Crippen molar-refractivity contribution < 1.29 is 23.4 Å². The summed E-state index contributed by atoms with van der Waals surface area (Å²) < 4.78 is 27.3. The maximum absolute atomic E-state index is 12.4. The minimum Gasteiger partial charge on any atom is -0.477 e. The lowest BCUT2D eigenvalue weighted by Crippen LogP contribution is -2.38. The summed E-state index contributed by atoms with van der Waals surface area (Å²) in [5.74, 6) is -0.995. The highest BCUT2D eigenvalue weighted by molar-refractivity contribution is 7.89. The third-order valence-corrected chi connectivity index (χ3v) is 4.94. The first-order chi connectivity index (χ1) is 9.60. The molecule has 0 aliphatic heterocycles. The quantitative estimate of drug-likeness (QED) is 0.598. The maximum Gasteiger partial charge on any atom is 0.352 e. The van der Waals surface area contributed by atoms with Crippen molar-refractivity contribution in [1.82, 2.24) is 9.71 Å². The molecule has 0 saturated carbocycles. The van der Waals surface area contributed by atoms with E-state index in [-0.39, 0.29) is 34.4 Å². The SMILES string of the molecule is Cc1[nH]c(C(=O)O)c(C)c1S(=O)(=O)NC(CO)CC(C)C. The second-order valence-corrected chi connectivity index (χ2v) is 7.17. The highest BCUT2D eigenvalue weighted by Gasteiger charge is 2.28. The predicted molar refractivity (Wildman–Crippen MR) is 77.9 cm³/mol. The zero-order chi connectivity index (χ0) is 16.4. The smallest absolute Gasteiger partial charge is 0.352 e. The summed E-state index contributed by atoms with van der Waals surface area (Å²) >= 11 is 0. The molecule has 0 saturated heterocycles. The number of carbonyl (C=O) groups is 1. The maximum atomic E-state index is 12.4. The summed E-state index contributed by atoms with van der Waals surface area (Å²) in [5.41, 5.74) is 0.282. The molecule has 0 fully saturated rings. The molecule has 0 radical (unpaired) electrons. The fraction of sp³-hybridized carbons (Fsp3) is 0.615. The predicted octanol–water partition coefficient (Wildman–Crippen LogP) is 1.02. The van der Waals surface area contributed by atoms with Gasteiger partial charge in [0.2, 0.25) is 10.0 Å². The molecule has 1 heterocycles. The molecular weight excluding hydrogens is 296 g/mol. The van der Waals surface area contributed by atoms with Gasteiger partial charge in [0.25, 0.3) is 0 Å². The third-order valence-electron chi connectivity index (χ3n) is 3.15. The molecule has 4 N–H and O–H groups in total. The van der Waals surface area contributed by atoms with E-state index in [9.17, 15) is 18.3 Å². The van der Waals surface area contributed by atoms with Crippen LogP contribution in [0.5, 0.6) is 0 Å². The van der Waals surface area contributed by atoms with E-state index >= 15 is 0 Å². The van der Waals surface area contributed by atoms with E-state index in [4.69, 9.17) is 5.11 Å². The van der Waals surface area contributed by atoms with E-state index in [1.807, 2.05) is 13.8 Å². The van der Waals surface area contributed by atoms with Crippen molar-refractivity contribution in [2.75, 3.05) is 6.61 Å². The molecule has 1 aromatic heterocycles. The van der Waals surface area contributed by atoms with Gasteiger partial charge >= 0.3 is 5.97 Å². The number of aromatic nitrogens is 1. The lowest BCUT2D eigenvalue weighted by molar-refractivity contribution is 0.0690. The Balaban J connectivity index is 3.17. The number of aliphatic hydroxyl groups is 1. The molecule has 0 aromatic carbocycles. The highest BCUT2D eigenvalue weighted by atomic mass is 32.2. The van der Waals surface area contributed by atoms with Gasteiger partial charge in [-0.3, -0.25) is 0 Å². The Morgan fingerprint density at radius 1 is 1.33 bits per heavy atom. The number of carboxylic acid groups (broad SMARTS) is 1. The Bertz CT molecular complexity index is 619. The number of aromatic carboxylic acids is 1. The lowest BCUT2D eigenvalue weighted by atomic mass is 10.1. The Labute approximate surface area is 124 Å². The summed E-state index contributed by atoms with van der Waals surface area (Å²) in [6, 6.07) is -0.600. The highest BCUT2D eigenvalue weighted by Crippen LogP contribution is 2.23. The van der Waals surface area contributed by atoms with Gasteiger partial charge in [0, 0.05) is 17.3 Å². The van der Waals surface area contributed by atoms with Gasteiger partial charge in [-0.05, 0) is 26.2 Å². The molecule has 0 amide bonds. The van der Waals surface area contributed by atoms with E-state index in [0.29, 0.717) is 6.42 Å². The summed E-state index contributed by atoms with van der Waals surface area (Å²) in [7, 11) is -3.90. The molecule has 0 aliphatic carbocycles. The second kappa shape index (κ2) is 6.59. The monoisotopic (exact) mass is 318 g/mol.